The van der Waals surface area contributed by atoms with E-state index >= 15 is 0 Å². The number of anilines is 1. The van der Waals surface area contributed by atoms with E-state index in [9.17, 15) is 4.79 Å². The van der Waals surface area contributed by atoms with Gasteiger partial charge >= 0.3 is 0 Å². The van der Waals surface area contributed by atoms with Crippen LogP contribution in [-0.2, 0) is 11.8 Å². The lowest BCUT2D eigenvalue weighted by atomic mass is 9.90. The quantitative estimate of drug-likeness (QED) is 0.767. The van der Waals surface area contributed by atoms with Gasteiger partial charge in [-0.25, -0.2) is 0 Å². The van der Waals surface area contributed by atoms with Crippen LogP contribution in [0.3, 0.4) is 0 Å². The van der Waals surface area contributed by atoms with Gasteiger partial charge in [0.15, 0.2) is 0 Å². The third-order valence-electron chi connectivity index (χ3n) is 4.17. The van der Waals surface area contributed by atoms with Crippen LogP contribution in [0.25, 0.3) is 10.9 Å². The summed E-state index contributed by atoms with van der Waals surface area (Å²) in [5.74, 6) is 0.172. The second kappa shape index (κ2) is 5.68. The topological polar surface area (TPSA) is 34.0 Å². The van der Waals surface area contributed by atoms with Gasteiger partial charge in [0.1, 0.15) is 0 Å². The molecule has 3 rings (SSSR count). The Labute approximate surface area is 130 Å². The molecule has 0 saturated carbocycles. The molecule has 1 amide bonds. The van der Waals surface area contributed by atoms with E-state index in [0.717, 1.165) is 22.2 Å². The highest BCUT2D eigenvalue weighted by Crippen LogP contribution is 2.35. The molecule has 22 heavy (non-hydrogen) atoms. The normalized spacial score (nSPS) is 12.3. The minimum absolute atomic E-state index is 0.0436. The summed E-state index contributed by atoms with van der Waals surface area (Å²) >= 11 is 0. The van der Waals surface area contributed by atoms with Crippen molar-refractivity contribution in [3.8, 4) is 0 Å². The van der Waals surface area contributed by atoms with E-state index in [0.29, 0.717) is 0 Å². The fraction of sp³-hybridized carbons (Fsp3) is 0.211. The number of nitrogens with zero attached hydrogens (tertiary/aromatic N) is 1. The molecule has 0 spiro atoms. The Morgan fingerprint density at radius 1 is 1.09 bits per heavy atom. The van der Waals surface area contributed by atoms with Gasteiger partial charge in [-0.15, -0.1) is 0 Å². The van der Waals surface area contributed by atoms with E-state index in [-0.39, 0.29) is 11.8 Å². The molecule has 0 fully saturated rings. The maximum atomic E-state index is 11.7. The van der Waals surface area contributed by atoms with E-state index < -0.39 is 0 Å². The molecule has 0 saturated heterocycles. The van der Waals surface area contributed by atoms with Crippen molar-refractivity contribution in [2.45, 2.75) is 19.8 Å². The molecule has 1 unspecified atom stereocenters. The van der Waals surface area contributed by atoms with Crippen LogP contribution in [0.1, 0.15) is 30.9 Å². The average Bonchev–Trinajstić information content (AvgIpc) is 2.89. The van der Waals surface area contributed by atoms with E-state index in [2.05, 4.69) is 47.1 Å². The first kappa shape index (κ1) is 14.4. The zero-order valence-corrected chi connectivity index (χ0v) is 13.1. The first-order valence-electron chi connectivity index (χ1n) is 7.48. The number of carbonyl (C=O) groups is 1. The van der Waals surface area contributed by atoms with Crippen LogP contribution in [0.15, 0.2) is 54.7 Å². The molecule has 1 heterocycles. The summed E-state index contributed by atoms with van der Waals surface area (Å²) in [7, 11) is 2.01. The number of hydrogen-bond donors (Lipinski definition) is 1. The highest BCUT2D eigenvalue weighted by molar-refractivity contribution is 6.02. The van der Waals surface area contributed by atoms with E-state index in [4.69, 9.17) is 0 Å². The Morgan fingerprint density at radius 2 is 1.82 bits per heavy atom. The molecule has 0 aliphatic carbocycles. The molecular formula is C19H20N2O. The smallest absolute Gasteiger partial charge is 0.221 e. The van der Waals surface area contributed by atoms with Gasteiger partial charge in [-0.2, -0.15) is 0 Å². The van der Waals surface area contributed by atoms with Crippen molar-refractivity contribution in [3.05, 3.63) is 65.9 Å². The van der Waals surface area contributed by atoms with Gasteiger partial charge < -0.3 is 9.88 Å². The number of fused-ring (bicyclic) bond motifs is 1. The third kappa shape index (κ3) is 2.50. The number of rotatable bonds is 3. The van der Waals surface area contributed by atoms with Crippen LogP contribution >= 0.6 is 0 Å². The lowest BCUT2D eigenvalue weighted by Gasteiger charge is -2.18. The first-order valence-corrected chi connectivity index (χ1v) is 7.48. The summed E-state index contributed by atoms with van der Waals surface area (Å²) in [5, 5.41) is 4.11. The van der Waals surface area contributed by atoms with Crippen LogP contribution in [0.5, 0.6) is 0 Å². The fourth-order valence-electron chi connectivity index (χ4n) is 2.97. The third-order valence-corrected chi connectivity index (χ3v) is 4.17. The Hall–Kier alpha value is -2.55. The molecule has 3 aromatic rings. The van der Waals surface area contributed by atoms with E-state index in [1.165, 1.54) is 5.56 Å². The number of aryl methyl sites for hydroxylation is 1. The summed E-state index contributed by atoms with van der Waals surface area (Å²) < 4.78 is 2.07. The number of carbonyl (C=O) groups excluding carboxylic acids is 1. The van der Waals surface area contributed by atoms with Gasteiger partial charge in [-0.05, 0) is 23.3 Å². The summed E-state index contributed by atoms with van der Waals surface area (Å²) in [4.78, 5) is 11.7. The summed E-state index contributed by atoms with van der Waals surface area (Å²) in [6.45, 7) is 3.73. The van der Waals surface area contributed by atoms with Crippen molar-refractivity contribution in [1.29, 1.82) is 0 Å². The second-order valence-electron chi connectivity index (χ2n) is 5.70. The molecule has 1 N–H and O–H groups in total. The van der Waals surface area contributed by atoms with Gasteiger partial charge in [0, 0.05) is 37.0 Å². The number of nitrogens with one attached hydrogen (secondary N) is 1. The number of aromatic nitrogens is 1. The maximum Gasteiger partial charge on any atom is 0.221 e. The average molecular weight is 292 g/mol. The number of hydrogen-bond acceptors (Lipinski definition) is 1. The lowest BCUT2D eigenvalue weighted by molar-refractivity contribution is -0.114. The Morgan fingerprint density at radius 3 is 2.50 bits per heavy atom. The Balaban J connectivity index is 2.18. The van der Waals surface area contributed by atoms with Crippen LogP contribution in [-0.4, -0.2) is 10.5 Å². The molecule has 2 aromatic carbocycles. The van der Waals surface area contributed by atoms with Crippen molar-refractivity contribution in [2.24, 2.45) is 7.05 Å². The van der Waals surface area contributed by atoms with Crippen molar-refractivity contribution >= 4 is 22.5 Å². The monoisotopic (exact) mass is 292 g/mol. The van der Waals surface area contributed by atoms with Gasteiger partial charge in [-0.3, -0.25) is 4.79 Å². The highest BCUT2D eigenvalue weighted by Gasteiger charge is 2.17. The molecule has 0 bridgehead atoms. The molecule has 0 radical (unpaired) electrons. The van der Waals surface area contributed by atoms with Crippen molar-refractivity contribution in [2.75, 3.05) is 5.32 Å². The van der Waals surface area contributed by atoms with Gasteiger partial charge in [-0.1, -0.05) is 43.3 Å². The molecule has 1 aromatic heterocycles. The van der Waals surface area contributed by atoms with Crippen LogP contribution in [0, 0.1) is 0 Å². The highest BCUT2D eigenvalue weighted by atomic mass is 16.1. The largest absolute Gasteiger partial charge is 0.350 e. The Kier molecular flexibility index (Phi) is 3.72. The molecule has 3 heteroatoms. The first-order chi connectivity index (χ1) is 10.6. The van der Waals surface area contributed by atoms with Gasteiger partial charge in [0.25, 0.3) is 0 Å². The van der Waals surface area contributed by atoms with Crippen molar-refractivity contribution < 1.29 is 4.79 Å². The SMILES string of the molecule is CC(=O)Nc1c(C(C)c2ccccc2)ccc2c1ccn2C. The molecule has 0 aliphatic heterocycles. The molecule has 1 atom stereocenters. The number of amides is 1. The summed E-state index contributed by atoms with van der Waals surface area (Å²) in [5.41, 5.74) is 4.42. The van der Waals surface area contributed by atoms with E-state index in [1.807, 2.05) is 31.4 Å². The molecule has 3 nitrogen and oxygen atoms in total. The fourth-order valence-corrected chi connectivity index (χ4v) is 2.97. The lowest BCUT2D eigenvalue weighted by Crippen LogP contribution is -2.10. The van der Waals surface area contributed by atoms with Gasteiger partial charge in [0.05, 0.1) is 5.69 Å². The van der Waals surface area contributed by atoms with E-state index in [1.54, 1.807) is 6.92 Å². The van der Waals surface area contributed by atoms with Crippen molar-refractivity contribution in [3.63, 3.8) is 0 Å². The molecular weight excluding hydrogens is 272 g/mol. The predicted molar refractivity (Wildman–Crippen MR) is 91.2 cm³/mol. The van der Waals surface area contributed by atoms with Crippen LogP contribution in [0.4, 0.5) is 5.69 Å². The standard InChI is InChI=1S/C19H20N2O/c1-13(15-7-5-4-6-8-15)16-9-10-18-17(11-12-21(18)3)19(16)20-14(2)22/h4-13H,1-3H3,(H,20,22). The summed E-state index contributed by atoms with van der Waals surface area (Å²) in [6.07, 6.45) is 2.02. The Bertz CT molecular complexity index is 818. The van der Waals surface area contributed by atoms with Crippen molar-refractivity contribution in [1.82, 2.24) is 4.57 Å². The summed E-state index contributed by atoms with van der Waals surface area (Å²) in [6, 6.07) is 16.7. The van der Waals surface area contributed by atoms with Crippen LogP contribution in [0.2, 0.25) is 0 Å². The molecule has 0 aliphatic rings. The predicted octanol–water partition coefficient (Wildman–Crippen LogP) is 4.29. The van der Waals surface area contributed by atoms with Gasteiger partial charge in [0.2, 0.25) is 5.91 Å². The number of benzene rings is 2. The zero-order chi connectivity index (χ0) is 15.7. The molecule has 112 valence electrons. The maximum absolute atomic E-state index is 11.7. The zero-order valence-electron chi connectivity index (χ0n) is 13.1. The minimum atomic E-state index is -0.0436. The van der Waals surface area contributed by atoms with Crippen LogP contribution < -0.4 is 5.32 Å². The minimum Gasteiger partial charge on any atom is -0.350 e. The second-order valence-corrected chi connectivity index (χ2v) is 5.70.